The van der Waals surface area contributed by atoms with Gasteiger partial charge in [0.25, 0.3) is 12.3 Å². The summed E-state index contributed by atoms with van der Waals surface area (Å²) in [5.74, 6) is -1.22. The lowest BCUT2D eigenvalue weighted by atomic mass is 10.2. The number of carbonyl (C=O) groups is 1. The van der Waals surface area contributed by atoms with Gasteiger partial charge in [-0.2, -0.15) is 0 Å². The van der Waals surface area contributed by atoms with Crippen molar-refractivity contribution in [2.45, 2.75) is 6.43 Å². The van der Waals surface area contributed by atoms with Crippen molar-refractivity contribution in [2.75, 3.05) is 5.73 Å². The molecule has 4 N–H and O–H groups in total. The molecule has 0 atom stereocenters. The third-order valence-corrected chi connectivity index (χ3v) is 2.11. The van der Waals surface area contributed by atoms with Crippen LogP contribution in [0.3, 0.4) is 0 Å². The number of nitrogens with two attached hydrogens (primary N) is 2. The zero-order valence-corrected chi connectivity index (χ0v) is 8.38. The van der Waals surface area contributed by atoms with Crippen molar-refractivity contribution < 1.29 is 13.6 Å². The topological polar surface area (TPSA) is 82.0 Å². The van der Waals surface area contributed by atoms with Gasteiger partial charge < -0.3 is 11.5 Å². The maximum atomic E-state index is 12.3. The van der Waals surface area contributed by atoms with E-state index in [0.717, 1.165) is 6.07 Å². The molecule has 1 heterocycles. The molecule has 1 aromatic rings. The van der Waals surface area contributed by atoms with Crippen molar-refractivity contribution >= 4 is 27.7 Å². The summed E-state index contributed by atoms with van der Waals surface area (Å²) in [5.41, 5.74) is 9.56. The highest BCUT2D eigenvalue weighted by molar-refractivity contribution is 9.10. The number of rotatable bonds is 2. The van der Waals surface area contributed by atoms with Crippen LogP contribution in [0.5, 0.6) is 0 Å². The number of primary amides is 1. The van der Waals surface area contributed by atoms with Crippen molar-refractivity contribution in [1.82, 2.24) is 4.98 Å². The van der Waals surface area contributed by atoms with Gasteiger partial charge in [-0.25, -0.2) is 13.8 Å². The van der Waals surface area contributed by atoms with E-state index in [1.165, 1.54) is 0 Å². The Labute approximate surface area is 86.4 Å². The largest absolute Gasteiger partial charge is 0.383 e. The molecule has 0 aliphatic carbocycles. The molecule has 1 aromatic heterocycles. The van der Waals surface area contributed by atoms with Crippen LogP contribution >= 0.6 is 15.9 Å². The molecule has 0 saturated heterocycles. The molecule has 14 heavy (non-hydrogen) atoms. The van der Waals surface area contributed by atoms with Crippen LogP contribution in [0.1, 0.15) is 22.5 Å². The number of aromatic nitrogens is 1. The Balaban J connectivity index is 3.31. The molecule has 0 aromatic carbocycles. The Bertz CT molecular complexity index is 383. The van der Waals surface area contributed by atoms with Crippen molar-refractivity contribution in [3.63, 3.8) is 0 Å². The van der Waals surface area contributed by atoms with E-state index in [0.29, 0.717) is 0 Å². The molecule has 0 bridgehead atoms. The van der Waals surface area contributed by atoms with Gasteiger partial charge in [-0.15, -0.1) is 0 Å². The Kier molecular flexibility index (Phi) is 3.00. The molecular weight excluding hydrogens is 260 g/mol. The lowest BCUT2D eigenvalue weighted by molar-refractivity contribution is 0.0994. The number of alkyl halides is 2. The monoisotopic (exact) mass is 265 g/mol. The normalized spacial score (nSPS) is 10.6. The number of amides is 1. The van der Waals surface area contributed by atoms with Crippen LogP contribution in [0.15, 0.2) is 10.5 Å². The highest BCUT2D eigenvalue weighted by Crippen LogP contribution is 2.28. The number of pyridine rings is 1. The predicted molar refractivity (Wildman–Crippen MR) is 49.8 cm³/mol. The van der Waals surface area contributed by atoms with Crippen molar-refractivity contribution in [1.29, 1.82) is 0 Å². The van der Waals surface area contributed by atoms with Crippen LogP contribution in [0.4, 0.5) is 14.6 Å². The Hall–Kier alpha value is -1.24. The average molecular weight is 266 g/mol. The Morgan fingerprint density at radius 1 is 1.57 bits per heavy atom. The Morgan fingerprint density at radius 2 is 2.14 bits per heavy atom. The van der Waals surface area contributed by atoms with Gasteiger partial charge in [-0.3, -0.25) is 4.79 Å². The summed E-state index contributed by atoms with van der Waals surface area (Å²) < 4.78 is 24.7. The third-order valence-electron chi connectivity index (χ3n) is 1.50. The summed E-state index contributed by atoms with van der Waals surface area (Å²) in [6.07, 6.45) is -2.74. The molecule has 0 unspecified atom stereocenters. The summed E-state index contributed by atoms with van der Waals surface area (Å²) in [4.78, 5) is 14.2. The number of anilines is 1. The molecule has 76 valence electrons. The van der Waals surface area contributed by atoms with E-state index in [4.69, 9.17) is 11.5 Å². The number of hydrogen-bond acceptors (Lipinski definition) is 3. The summed E-state index contributed by atoms with van der Waals surface area (Å²) in [5, 5.41) is 0. The fourth-order valence-corrected chi connectivity index (χ4v) is 1.40. The molecule has 0 aliphatic rings. The number of nitrogens with zero attached hydrogens (tertiary/aromatic N) is 1. The predicted octanol–water partition coefficient (Wildman–Crippen LogP) is 1.46. The van der Waals surface area contributed by atoms with Crippen LogP contribution in [0.25, 0.3) is 0 Å². The van der Waals surface area contributed by atoms with Crippen molar-refractivity contribution in [3.05, 3.63) is 21.8 Å². The van der Waals surface area contributed by atoms with Crippen LogP contribution in [0, 0.1) is 0 Å². The maximum Gasteiger partial charge on any atom is 0.268 e. The Morgan fingerprint density at radius 3 is 2.57 bits per heavy atom. The molecular formula is C7H6BrF2N3O. The quantitative estimate of drug-likeness (QED) is 0.850. The summed E-state index contributed by atoms with van der Waals surface area (Å²) in [7, 11) is 0. The second-order valence-corrected chi connectivity index (χ2v) is 3.31. The van der Waals surface area contributed by atoms with Gasteiger partial charge in [0, 0.05) is 4.47 Å². The second kappa shape index (κ2) is 3.87. The van der Waals surface area contributed by atoms with Gasteiger partial charge in [0.05, 0.1) is 5.56 Å². The summed E-state index contributed by atoms with van der Waals surface area (Å²) >= 11 is 2.90. The van der Waals surface area contributed by atoms with Gasteiger partial charge in [-0.05, 0) is 22.0 Å². The zero-order chi connectivity index (χ0) is 10.9. The van der Waals surface area contributed by atoms with Gasteiger partial charge in [0.1, 0.15) is 11.5 Å². The number of halogens is 3. The van der Waals surface area contributed by atoms with E-state index in [-0.39, 0.29) is 10.2 Å². The van der Waals surface area contributed by atoms with Crippen LogP contribution < -0.4 is 11.5 Å². The first-order valence-corrected chi connectivity index (χ1v) is 4.26. The number of hydrogen-bond donors (Lipinski definition) is 2. The van der Waals surface area contributed by atoms with Gasteiger partial charge in [0.2, 0.25) is 0 Å². The fraction of sp³-hybridized carbons (Fsp3) is 0.143. The molecule has 1 amide bonds. The third kappa shape index (κ3) is 1.98. The SMILES string of the molecule is NC(=O)c1nc(N)c(C(F)F)cc1Br. The molecule has 0 spiro atoms. The van der Waals surface area contributed by atoms with Crippen LogP contribution in [0.2, 0.25) is 0 Å². The number of nitrogen functional groups attached to an aromatic ring is 1. The lowest BCUT2D eigenvalue weighted by Gasteiger charge is -2.06. The minimum atomic E-state index is -2.74. The summed E-state index contributed by atoms with van der Waals surface area (Å²) in [6, 6.07) is 1.03. The van der Waals surface area contributed by atoms with Crippen molar-refractivity contribution in [3.8, 4) is 0 Å². The number of carbonyl (C=O) groups excluding carboxylic acids is 1. The maximum absolute atomic E-state index is 12.3. The van der Waals surface area contributed by atoms with Crippen molar-refractivity contribution in [2.24, 2.45) is 5.73 Å². The van der Waals surface area contributed by atoms with E-state index >= 15 is 0 Å². The molecule has 4 nitrogen and oxygen atoms in total. The van der Waals surface area contributed by atoms with E-state index in [1.807, 2.05) is 0 Å². The minimum absolute atomic E-state index is 0.106. The van der Waals surface area contributed by atoms with E-state index in [9.17, 15) is 13.6 Å². The van der Waals surface area contributed by atoms with Gasteiger partial charge in [0.15, 0.2) is 0 Å². The van der Waals surface area contributed by atoms with Gasteiger partial charge in [-0.1, -0.05) is 0 Å². The average Bonchev–Trinajstić information content (AvgIpc) is 2.07. The van der Waals surface area contributed by atoms with E-state index < -0.39 is 23.7 Å². The van der Waals surface area contributed by atoms with Crippen LogP contribution in [-0.4, -0.2) is 10.9 Å². The van der Waals surface area contributed by atoms with Gasteiger partial charge >= 0.3 is 0 Å². The van der Waals surface area contributed by atoms with Crippen LogP contribution in [-0.2, 0) is 0 Å². The second-order valence-electron chi connectivity index (χ2n) is 2.46. The molecule has 0 radical (unpaired) electrons. The molecule has 1 rings (SSSR count). The highest BCUT2D eigenvalue weighted by atomic mass is 79.9. The fourth-order valence-electron chi connectivity index (χ4n) is 0.865. The molecule has 0 fully saturated rings. The van der Waals surface area contributed by atoms with E-state index in [1.54, 1.807) is 0 Å². The summed E-state index contributed by atoms with van der Waals surface area (Å²) in [6.45, 7) is 0. The minimum Gasteiger partial charge on any atom is -0.383 e. The van der Waals surface area contributed by atoms with E-state index in [2.05, 4.69) is 20.9 Å². The smallest absolute Gasteiger partial charge is 0.268 e. The zero-order valence-electron chi connectivity index (χ0n) is 6.80. The first-order valence-electron chi connectivity index (χ1n) is 3.47. The molecule has 0 aliphatic heterocycles. The molecule has 0 saturated carbocycles. The highest BCUT2D eigenvalue weighted by Gasteiger charge is 2.17. The molecule has 7 heteroatoms. The first kappa shape index (κ1) is 10.8. The first-order chi connectivity index (χ1) is 6.43. The lowest BCUT2D eigenvalue weighted by Crippen LogP contribution is -2.15. The standard InChI is InChI=1S/C7H6BrF2N3O/c8-3-1-2(5(9)10)6(11)13-4(3)7(12)14/h1,5H,(H2,11,13)(H2,12,14).